The molecule has 0 bridgehead atoms. The first-order chi connectivity index (χ1) is 11.6. The highest BCUT2D eigenvalue weighted by atomic mass is 32.2. The van der Waals surface area contributed by atoms with Crippen molar-refractivity contribution in [3.8, 4) is 0 Å². The minimum atomic E-state index is 0.0906. The normalized spacial score (nSPS) is 25.6. The van der Waals surface area contributed by atoms with Crippen molar-refractivity contribution in [1.82, 2.24) is 5.32 Å². The van der Waals surface area contributed by atoms with Crippen LogP contribution < -0.4 is 5.32 Å². The molecule has 2 nitrogen and oxygen atoms in total. The largest absolute Gasteiger partial charge is 0.352 e. The van der Waals surface area contributed by atoms with Crippen molar-refractivity contribution in [3.63, 3.8) is 0 Å². The van der Waals surface area contributed by atoms with E-state index in [9.17, 15) is 4.79 Å². The Morgan fingerprint density at radius 3 is 2.83 bits per heavy atom. The first kappa shape index (κ1) is 15.8. The first-order valence-corrected chi connectivity index (χ1v) is 9.54. The van der Waals surface area contributed by atoms with Crippen molar-refractivity contribution >= 4 is 17.7 Å². The fourth-order valence-corrected chi connectivity index (χ4v) is 5.15. The topological polar surface area (TPSA) is 29.1 Å². The smallest absolute Gasteiger partial charge is 0.220 e. The monoisotopic (exact) mass is 337 g/mol. The van der Waals surface area contributed by atoms with Crippen LogP contribution in [-0.2, 0) is 16.6 Å². The van der Waals surface area contributed by atoms with Crippen LogP contribution in [0.15, 0.2) is 52.3 Å². The number of aryl methyl sites for hydroxylation is 2. The molecule has 2 aromatic rings. The van der Waals surface area contributed by atoms with Crippen molar-refractivity contribution in [2.45, 2.75) is 60.8 Å². The molecular weight excluding hydrogens is 314 g/mol. The van der Waals surface area contributed by atoms with Crippen molar-refractivity contribution in [1.29, 1.82) is 0 Å². The third-order valence-corrected chi connectivity index (χ3v) is 6.86. The van der Waals surface area contributed by atoms with E-state index in [1.807, 2.05) is 11.8 Å². The van der Waals surface area contributed by atoms with Crippen molar-refractivity contribution in [2.75, 3.05) is 0 Å². The molecule has 1 saturated heterocycles. The van der Waals surface area contributed by atoms with Crippen LogP contribution in [-0.4, -0.2) is 11.9 Å². The van der Waals surface area contributed by atoms with Gasteiger partial charge in [-0.15, -0.1) is 0 Å². The number of carbonyl (C=O) groups excluding carboxylic acids is 1. The van der Waals surface area contributed by atoms with E-state index in [1.54, 1.807) is 0 Å². The Morgan fingerprint density at radius 2 is 2.00 bits per heavy atom. The number of hydrogen-bond acceptors (Lipinski definition) is 2. The lowest BCUT2D eigenvalue weighted by molar-refractivity contribution is -0.125. The molecule has 0 radical (unpaired) electrons. The molecule has 4 rings (SSSR count). The first-order valence-electron chi connectivity index (χ1n) is 8.72. The summed E-state index contributed by atoms with van der Waals surface area (Å²) in [6.45, 7) is 4.49. The maximum absolute atomic E-state index is 11.7. The van der Waals surface area contributed by atoms with E-state index in [4.69, 9.17) is 0 Å². The number of fused-ring (bicyclic) bond motifs is 3. The van der Waals surface area contributed by atoms with Crippen LogP contribution in [0.25, 0.3) is 0 Å². The average Bonchev–Trinajstić information content (AvgIpc) is 2.58. The average molecular weight is 337 g/mol. The molecule has 0 aromatic heterocycles. The maximum atomic E-state index is 11.7. The molecule has 1 aliphatic heterocycles. The predicted molar refractivity (Wildman–Crippen MR) is 98.6 cm³/mol. The van der Waals surface area contributed by atoms with Gasteiger partial charge in [-0.2, -0.15) is 0 Å². The molecule has 2 aliphatic rings. The number of carbonyl (C=O) groups is 1. The van der Waals surface area contributed by atoms with E-state index in [1.165, 1.54) is 26.5 Å². The predicted octanol–water partition coefficient (Wildman–Crippen LogP) is 4.63. The second-order valence-corrected chi connectivity index (χ2v) is 8.38. The van der Waals surface area contributed by atoms with Crippen LogP contribution in [0, 0.1) is 6.92 Å². The summed E-state index contributed by atoms with van der Waals surface area (Å²) in [5.74, 6) is 0.215. The molecular formula is C21H23NOS. The number of rotatable bonds is 2. The van der Waals surface area contributed by atoms with Gasteiger partial charge in [0.2, 0.25) is 5.91 Å². The number of amides is 1. The molecule has 1 N–H and O–H groups in total. The van der Waals surface area contributed by atoms with Gasteiger partial charge < -0.3 is 5.32 Å². The fourth-order valence-electron chi connectivity index (χ4n) is 4.18. The van der Waals surface area contributed by atoms with Gasteiger partial charge >= 0.3 is 0 Å². The van der Waals surface area contributed by atoms with Gasteiger partial charge in [0.05, 0.1) is 0 Å². The summed E-state index contributed by atoms with van der Waals surface area (Å²) in [6.07, 6.45) is 3.71. The molecule has 124 valence electrons. The zero-order valence-corrected chi connectivity index (χ0v) is 15.1. The van der Waals surface area contributed by atoms with Crippen LogP contribution >= 0.6 is 11.8 Å². The Bertz CT molecular complexity index is 800. The van der Waals surface area contributed by atoms with Crippen molar-refractivity contribution in [3.05, 3.63) is 59.2 Å². The standard InChI is InChI=1S/C21H23NOS/c1-14-5-3-4-6-18(14)24-16-8-9-17-15(13-16)7-10-19-21(17,2)12-11-20(23)22-19/h3-6,8-9,13,19H,7,10-12H2,1-2H3,(H,22,23)/t19?,21-/m1/s1. The van der Waals surface area contributed by atoms with E-state index >= 15 is 0 Å². The van der Waals surface area contributed by atoms with E-state index in [-0.39, 0.29) is 11.3 Å². The summed E-state index contributed by atoms with van der Waals surface area (Å²) < 4.78 is 0. The number of benzene rings is 2. The minimum absolute atomic E-state index is 0.0906. The Balaban J connectivity index is 1.65. The van der Waals surface area contributed by atoms with Gasteiger partial charge in [0.25, 0.3) is 0 Å². The van der Waals surface area contributed by atoms with Crippen molar-refractivity contribution < 1.29 is 4.79 Å². The van der Waals surface area contributed by atoms with E-state index in [0.717, 1.165) is 19.3 Å². The van der Waals surface area contributed by atoms with Crippen LogP contribution in [0.4, 0.5) is 0 Å². The van der Waals surface area contributed by atoms with Crippen LogP contribution in [0.3, 0.4) is 0 Å². The molecule has 2 atom stereocenters. The van der Waals surface area contributed by atoms with Crippen molar-refractivity contribution in [2.24, 2.45) is 0 Å². The molecule has 1 fully saturated rings. The molecule has 0 saturated carbocycles. The van der Waals surface area contributed by atoms with Gasteiger partial charge in [0.15, 0.2) is 0 Å². The summed E-state index contributed by atoms with van der Waals surface area (Å²) in [6, 6.07) is 15.8. The van der Waals surface area contributed by atoms with E-state index in [2.05, 4.69) is 61.6 Å². The summed E-state index contributed by atoms with van der Waals surface area (Å²) in [5.41, 5.74) is 4.31. The van der Waals surface area contributed by atoms with Gasteiger partial charge in [-0.3, -0.25) is 4.79 Å². The van der Waals surface area contributed by atoms with Crippen LogP contribution in [0.5, 0.6) is 0 Å². The van der Waals surface area contributed by atoms with Gasteiger partial charge in [-0.1, -0.05) is 43.0 Å². The van der Waals surface area contributed by atoms with Gasteiger partial charge in [-0.25, -0.2) is 0 Å². The minimum Gasteiger partial charge on any atom is -0.352 e. The molecule has 1 unspecified atom stereocenters. The van der Waals surface area contributed by atoms with Crippen LogP contribution in [0.1, 0.15) is 42.9 Å². The quantitative estimate of drug-likeness (QED) is 0.866. The highest BCUT2D eigenvalue weighted by Crippen LogP contribution is 2.44. The maximum Gasteiger partial charge on any atom is 0.220 e. The fraction of sp³-hybridized carbons (Fsp3) is 0.381. The Kier molecular flexibility index (Phi) is 3.92. The van der Waals surface area contributed by atoms with Gasteiger partial charge in [0.1, 0.15) is 0 Å². The summed E-state index contributed by atoms with van der Waals surface area (Å²) in [4.78, 5) is 14.4. The third-order valence-electron chi connectivity index (χ3n) is 5.69. The lowest BCUT2D eigenvalue weighted by Gasteiger charge is -2.46. The molecule has 2 aromatic carbocycles. The third kappa shape index (κ3) is 2.65. The lowest BCUT2D eigenvalue weighted by atomic mass is 9.64. The zero-order chi connectivity index (χ0) is 16.7. The molecule has 24 heavy (non-hydrogen) atoms. The Hall–Kier alpha value is -1.74. The van der Waals surface area contributed by atoms with Crippen LogP contribution in [0.2, 0.25) is 0 Å². The molecule has 1 heterocycles. The molecule has 3 heteroatoms. The van der Waals surface area contributed by atoms with Gasteiger partial charge in [0, 0.05) is 27.7 Å². The SMILES string of the molecule is Cc1ccccc1Sc1ccc2c(c1)CCC1NC(=O)CC[C@]21C. The number of piperidine rings is 1. The Morgan fingerprint density at radius 1 is 1.17 bits per heavy atom. The molecule has 1 aliphatic carbocycles. The Labute approximate surface area is 148 Å². The molecule has 0 spiro atoms. The number of hydrogen-bond donors (Lipinski definition) is 1. The van der Waals surface area contributed by atoms with E-state index in [0.29, 0.717) is 12.5 Å². The second-order valence-electron chi connectivity index (χ2n) is 7.26. The zero-order valence-electron chi connectivity index (χ0n) is 14.3. The highest BCUT2D eigenvalue weighted by molar-refractivity contribution is 7.99. The molecule has 1 amide bonds. The van der Waals surface area contributed by atoms with E-state index < -0.39 is 0 Å². The second kappa shape index (κ2) is 5.96. The lowest BCUT2D eigenvalue weighted by Crippen LogP contribution is -2.55. The summed E-state index contributed by atoms with van der Waals surface area (Å²) >= 11 is 1.85. The number of nitrogens with one attached hydrogen (secondary N) is 1. The van der Waals surface area contributed by atoms with Gasteiger partial charge in [-0.05, 0) is 61.1 Å². The highest BCUT2D eigenvalue weighted by Gasteiger charge is 2.43. The summed E-state index contributed by atoms with van der Waals surface area (Å²) in [5, 5.41) is 3.22. The summed E-state index contributed by atoms with van der Waals surface area (Å²) in [7, 11) is 0.